The number of tetrazole rings is 1. The van der Waals surface area contributed by atoms with Gasteiger partial charge in [0.2, 0.25) is 5.91 Å². The Balaban J connectivity index is 1.53. The number of hydrogen-bond donors (Lipinski definition) is 2. The first-order valence-electron chi connectivity index (χ1n) is 7.14. The summed E-state index contributed by atoms with van der Waals surface area (Å²) >= 11 is 0. The third-order valence-corrected chi connectivity index (χ3v) is 4.03. The quantitative estimate of drug-likeness (QED) is 0.876. The van der Waals surface area contributed by atoms with Crippen LogP contribution in [0.1, 0.15) is 31.7 Å². The maximum atomic E-state index is 11.9. The zero-order valence-corrected chi connectivity index (χ0v) is 11.5. The molecule has 21 heavy (non-hydrogen) atoms. The molecule has 0 unspecified atom stereocenters. The molecule has 2 aliphatic rings. The molecule has 0 bridgehead atoms. The number of benzene rings is 1. The normalized spacial score (nSPS) is 19.3. The zero-order chi connectivity index (χ0) is 14.4. The van der Waals surface area contributed by atoms with Crippen LogP contribution in [0.5, 0.6) is 0 Å². The minimum absolute atomic E-state index is 0.113. The maximum absolute atomic E-state index is 11.9. The molecule has 0 atom stereocenters. The van der Waals surface area contributed by atoms with Gasteiger partial charge in [-0.3, -0.25) is 4.79 Å². The molecule has 0 aliphatic heterocycles. The molecular formula is C14H16N6O. The molecule has 2 aliphatic carbocycles. The van der Waals surface area contributed by atoms with Crippen molar-refractivity contribution in [3.8, 4) is 11.4 Å². The van der Waals surface area contributed by atoms with E-state index in [9.17, 15) is 4.79 Å². The largest absolute Gasteiger partial charge is 0.324 e. The van der Waals surface area contributed by atoms with Crippen LogP contribution in [0.4, 0.5) is 5.69 Å². The average molecular weight is 284 g/mol. The van der Waals surface area contributed by atoms with Gasteiger partial charge < -0.3 is 11.1 Å². The number of anilines is 1. The number of carbonyl (C=O) groups excluding carboxylic acids is 1. The van der Waals surface area contributed by atoms with Gasteiger partial charge in [-0.25, -0.2) is 4.68 Å². The molecule has 1 heterocycles. The summed E-state index contributed by atoms with van der Waals surface area (Å²) in [6, 6.07) is 7.96. The highest BCUT2D eigenvalue weighted by Crippen LogP contribution is 2.37. The van der Waals surface area contributed by atoms with Gasteiger partial charge in [0.05, 0.1) is 11.6 Å². The van der Waals surface area contributed by atoms with Crippen molar-refractivity contribution in [2.45, 2.75) is 37.3 Å². The van der Waals surface area contributed by atoms with Crippen LogP contribution < -0.4 is 11.1 Å². The molecule has 1 aromatic carbocycles. The standard InChI is InChI=1S/C14H16N6O/c15-14(7-8-14)13(21)16-10-3-1-9(2-4-10)12-17-18-19-20(12)11-5-6-11/h1-4,11H,5-8,15H2,(H,16,21). The van der Waals surface area contributed by atoms with Crippen LogP contribution in [-0.4, -0.2) is 31.7 Å². The number of carbonyl (C=O) groups is 1. The molecule has 0 radical (unpaired) electrons. The lowest BCUT2D eigenvalue weighted by molar-refractivity contribution is -0.118. The smallest absolute Gasteiger partial charge is 0.244 e. The lowest BCUT2D eigenvalue weighted by Gasteiger charge is -2.10. The van der Waals surface area contributed by atoms with Gasteiger partial charge in [0, 0.05) is 11.3 Å². The van der Waals surface area contributed by atoms with E-state index in [4.69, 9.17) is 5.73 Å². The molecule has 0 spiro atoms. The highest BCUT2D eigenvalue weighted by atomic mass is 16.2. The van der Waals surface area contributed by atoms with Crippen LogP contribution >= 0.6 is 0 Å². The molecule has 108 valence electrons. The van der Waals surface area contributed by atoms with Crippen molar-refractivity contribution in [2.75, 3.05) is 5.32 Å². The summed E-state index contributed by atoms with van der Waals surface area (Å²) in [5.74, 6) is 0.658. The van der Waals surface area contributed by atoms with Gasteiger partial charge in [-0.15, -0.1) is 5.10 Å². The van der Waals surface area contributed by atoms with Crippen molar-refractivity contribution in [1.82, 2.24) is 20.2 Å². The highest BCUT2D eigenvalue weighted by molar-refractivity contribution is 6.00. The molecule has 4 rings (SSSR count). The summed E-state index contributed by atoms with van der Waals surface area (Å²) < 4.78 is 1.87. The Bertz CT molecular complexity index is 684. The van der Waals surface area contributed by atoms with E-state index in [-0.39, 0.29) is 5.91 Å². The van der Waals surface area contributed by atoms with Crippen molar-refractivity contribution in [2.24, 2.45) is 5.73 Å². The van der Waals surface area contributed by atoms with Crippen molar-refractivity contribution >= 4 is 11.6 Å². The molecule has 2 aromatic rings. The third kappa shape index (κ3) is 2.29. The Morgan fingerprint density at radius 3 is 2.62 bits per heavy atom. The Hall–Kier alpha value is -2.28. The minimum atomic E-state index is -0.658. The molecule has 1 amide bonds. The first-order valence-corrected chi connectivity index (χ1v) is 7.14. The molecule has 2 fully saturated rings. The fraction of sp³-hybridized carbons (Fsp3) is 0.429. The summed E-state index contributed by atoms with van der Waals surface area (Å²) in [5, 5.41) is 14.7. The van der Waals surface area contributed by atoms with Gasteiger partial charge in [-0.1, -0.05) is 0 Å². The summed E-state index contributed by atoms with van der Waals surface area (Å²) in [7, 11) is 0. The lowest BCUT2D eigenvalue weighted by atomic mass is 10.2. The summed E-state index contributed by atoms with van der Waals surface area (Å²) in [6.45, 7) is 0. The Morgan fingerprint density at radius 2 is 2.00 bits per heavy atom. The predicted octanol–water partition coefficient (Wildman–Crippen LogP) is 1.10. The number of aromatic nitrogens is 4. The van der Waals surface area contributed by atoms with Crippen LogP contribution in [0.15, 0.2) is 24.3 Å². The van der Waals surface area contributed by atoms with E-state index in [0.717, 1.165) is 42.8 Å². The van der Waals surface area contributed by atoms with Crippen molar-refractivity contribution in [3.05, 3.63) is 24.3 Å². The lowest BCUT2D eigenvalue weighted by Crippen LogP contribution is -2.37. The average Bonchev–Trinajstić information content (AvgIpc) is 3.41. The van der Waals surface area contributed by atoms with Crippen LogP contribution in [-0.2, 0) is 4.79 Å². The first-order chi connectivity index (χ1) is 10.2. The van der Waals surface area contributed by atoms with Crippen molar-refractivity contribution in [1.29, 1.82) is 0 Å². The third-order valence-electron chi connectivity index (χ3n) is 4.03. The molecule has 7 nitrogen and oxygen atoms in total. The van der Waals surface area contributed by atoms with Crippen LogP contribution in [0.25, 0.3) is 11.4 Å². The van der Waals surface area contributed by atoms with Gasteiger partial charge in [-0.2, -0.15) is 0 Å². The second-order valence-electron chi connectivity index (χ2n) is 5.87. The van der Waals surface area contributed by atoms with Gasteiger partial charge in [0.1, 0.15) is 0 Å². The van der Waals surface area contributed by atoms with Crippen LogP contribution in [0.3, 0.4) is 0 Å². The number of nitrogens with zero attached hydrogens (tertiary/aromatic N) is 4. The molecule has 1 aromatic heterocycles. The Labute approximate surface area is 121 Å². The summed E-state index contributed by atoms with van der Waals surface area (Å²) in [5.41, 5.74) is 6.89. The fourth-order valence-corrected chi connectivity index (χ4v) is 2.27. The summed E-state index contributed by atoms with van der Waals surface area (Å²) in [4.78, 5) is 11.9. The summed E-state index contributed by atoms with van der Waals surface area (Å²) in [6.07, 6.45) is 3.77. The van der Waals surface area contributed by atoms with Gasteiger partial charge in [-0.05, 0) is 60.4 Å². The van der Waals surface area contributed by atoms with Crippen molar-refractivity contribution in [3.63, 3.8) is 0 Å². The molecule has 0 saturated heterocycles. The van der Waals surface area contributed by atoms with Crippen LogP contribution in [0, 0.1) is 0 Å². The maximum Gasteiger partial charge on any atom is 0.244 e. The number of nitrogens with one attached hydrogen (secondary N) is 1. The monoisotopic (exact) mass is 284 g/mol. The van der Waals surface area contributed by atoms with E-state index in [1.807, 2.05) is 28.9 Å². The number of amides is 1. The minimum Gasteiger partial charge on any atom is -0.324 e. The Morgan fingerprint density at radius 1 is 1.29 bits per heavy atom. The molecule has 3 N–H and O–H groups in total. The van der Waals surface area contributed by atoms with E-state index in [1.54, 1.807) is 0 Å². The number of hydrogen-bond acceptors (Lipinski definition) is 5. The van der Waals surface area contributed by atoms with Crippen LogP contribution in [0.2, 0.25) is 0 Å². The van der Waals surface area contributed by atoms with E-state index in [2.05, 4.69) is 20.8 Å². The molecule has 7 heteroatoms. The van der Waals surface area contributed by atoms with Gasteiger partial charge in [0.25, 0.3) is 0 Å². The highest BCUT2D eigenvalue weighted by Gasteiger charge is 2.45. The number of nitrogens with two attached hydrogens (primary N) is 1. The topological polar surface area (TPSA) is 98.7 Å². The molecular weight excluding hydrogens is 268 g/mol. The van der Waals surface area contributed by atoms with Gasteiger partial charge in [0.15, 0.2) is 5.82 Å². The molecule has 2 saturated carbocycles. The first kappa shape index (κ1) is 12.5. The second-order valence-corrected chi connectivity index (χ2v) is 5.87. The van der Waals surface area contributed by atoms with E-state index < -0.39 is 5.54 Å². The van der Waals surface area contributed by atoms with E-state index in [0.29, 0.717) is 6.04 Å². The Kier molecular flexibility index (Phi) is 2.58. The van der Waals surface area contributed by atoms with E-state index in [1.165, 1.54) is 0 Å². The predicted molar refractivity (Wildman–Crippen MR) is 76.3 cm³/mol. The second kappa shape index (κ2) is 4.36. The van der Waals surface area contributed by atoms with Crippen molar-refractivity contribution < 1.29 is 4.79 Å². The zero-order valence-electron chi connectivity index (χ0n) is 11.5. The van der Waals surface area contributed by atoms with Gasteiger partial charge >= 0.3 is 0 Å². The number of rotatable bonds is 4. The SMILES string of the molecule is NC1(C(=O)Nc2ccc(-c3nnnn3C3CC3)cc2)CC1. The van der Waals surface area contributed by atoms with E-state index >= 15 is 0 Å². The fourth-order valence-electron chi connectivity index (χ4n) is 2.27.